The lowest BCUT2D eigenvalue weighted by atomic mass is 9.96. The molecule has 0 aliphatic carbocycles. The van der Waals surface area contributed by atoms with E-state index in [1.165, 1.54) is 5.56 Å². The van der Waals surface area contributed by atoms with Crippen molar-refractivity contribution in [3.63, 3.8) is 0 Å². The molecule has 0 saturated heterocycles. The van der Waals surface area contributed by atoms with Gasteiger partial charge in [0, 0.05) is 23.8 Å². The van der Waals surface area contributed by atoms with Gasteiger partial charge in [0.2, 0.25) is 0 Å². The number of ether oxygens (including phenoxy) is 1. The fraction of sp³-hybridized carbons (Fsp3) is 0.350. The van der Waals surface area contributed by atoms with E-state index in [-0.39, 0.29) is 5.91 Å². The van der Waals surface area contributed by atoms with E-state index in [4.69, 9.17) is 4.74 Å². The Balaban J connectivity index is 1.90. The molecule has 0 radical (unpaired) electrons. The van der Waals surface area contributed by atoms with Gasteiger partial charge < -0.3 is 14.5 Å². The number of hydrogen-bond acceptors (Lipinski definition) is 3. The normalized spacial score (nSPS) is 16.8. The summed E-state index contributed by atoms with van der Waals surface area (Å²) in [5, 5.41) is 0. The summed E-state index contributed by atoms with van der Waals surface area (Å²) in [5.74, 6) is 0.830. The lowest BCUT2D eigenvalue weighted by molar-refractivity contribution is 0.0976. The quantitative estimate of drug-likeness (QED) is 0.866. The number of rotatable bonds is 4. The zero-order chi connectivity index (χ0) is 17.1. The molecule has 126 valence electrons. The first kappa shape index (κ1) is 16.5. The van der Waals surface area contributed by atoms with Gasteiger partial charge in [0.25, 0.3) is 5.91 Å². The third kappa shape index (κ3) is 3.29. The van der Waals surface area contributed by atoms with Crippen molar-refractivity contribution in [3.05, 3.63) is 59.7 Å². The fourth-order valence-corrected chi connectivity index (χ4v) is 3.13. The molecule has 0 saturated carbocycles. The summed E-state index contributed by atoms with van der Waals surface area (Å²) in [6.07, 6.45) is 0.968. The highest BCUT2D eigenvalue weighted by molar-refractivity contribution is 6.06. The molecule has 4 nitrogen and oxygen atoms in total. The van der Waals surface area contributed by atoms with Crippen molar-refractivity contribution >= 4 is 11.6 Å². The van der Waals surface area contributed by atoms with Crippen molar-refractivity contribution in [2.24, 2.45) is 0 Å². The van der Waals surface area contributed by atoms with E-state index >= 15 is 0 Å². The lowest BCUT2D eigenvalue weighted by Gasteiger charge is -2.37. The van der Waals surface area contributed by atoms with Gasteiger partial charge in [0.05, 0.1) is 6.61 Å². The summed E-state index contributed by atoms with van der Waals surface area (Å²) in [6, 6.07) is 15.9. The Kier molecular flexibility index (Phi) is 4.86. The van der Waals surface area contributed by atoms with E-state index in [1.54, 1.807) is 0 Å². The van der Waals surface area contributed by atoms with Crippen LogP contribution < -0.4 is 9.64 Å². The van der Waals surface area contributed by atoms with Crippen molar-refractivity contribution in [1.29, 1.82) is 0 Å². The van der Waals surface area contributed by atoms with Gasteiger partial charge in [-0.25, -0.2) is 0 Å². The number of carbonyl (C=O) groups excluding carboxylic acids is 1. The average molecular weight is 324 g/mol. The third-order valence-electron chi connectivity index (χ3n) is 4.52. The number of amides is 1. The van der Waals surface area contributed by atoms with Crippen LogP contribution in [0.25, 0.3) is 0 Å². The third-order valence-corrected chi connectivity index (χ3v) is 4.52. The van der Waals surface area contributed by atoms with Crippen molar-refractivity contribution in [3.8, 4) is 5.75 Å². The van der Waals surface area contributed by atoms with Crippen LogP contribution in [0.2, 0.25) is 0 Å². The second-order valence-corrected chi connectivity index (χ2v) is 6.32. The van der Waals surface area contributed by atoms with Crippen molar-refractivity contribution in [2.75, 3.05) is 32.1 Å². The number of fused-ring (bicyclic) bond motifs is 1. The van der Waals surface area contributed by atoms with E-state index in [0.717, 1.165) is 17.9 Å². The number of hydrogen-bond donors (Lipinski definition) is 0. The molecular formula is C20H24N2O2. The topological polar surface area (TPSA) is 32.8 Å². The van der Waals surface area contributed by atoms with Gasteiger partial charge in [0.1, 0.15) is 5.75 Å². The highest BCUT2D eigenvalue weighted by Gasteiger charge is 2.29. The first-order valence-electron chi connectivity index (χ1n) is 8.39. The molecule has 1 aliphatic rings. The van der Waals surface area contributed by atoms with E-state index in [9.17, 15) is 4.79 Å². The molecule has 4 heteroatoms. The standard InChI is InChI=1S/C20H24N2O2/c1-4-24-18-11-9-15(10-12-18)20(23)22-14-17(21(2)3)13-16-7-5-6-8-19(16)22/h5-12,17H,4,13-14H2,1-3H3. The maximum Gasteiger partial charge on any atom is 0.258 e. The molecule has 0 fully saturated rings. The smallest absolute Gasteiger partial charge is 0.258 e. The molecule has 24 heavy (non-hydrogen) atoms. The number of nitrogens with zero attached hydrogens (tertiary/aromatic N) is 2. The molecule has 1 aliphatic heterocycles. The molecule has 1 heterocycles. The molecule has 2 aromatic rings. The van der Waals surface area contributed by atoms with Crippen molar-refractivity contribution < 1.29 is 9.53 Å². The second kappa shape index (κ2) is 7.05. The molecule has 0 bridgehead atoms. The van der Waals surface area contributed by atoms with Crippen LogP contribution in [0.5, 0.6) is 5.75 Å². The monoisotopic (exact) mass is 324 g/mol. The predicted octanol–water partition coefficient (Wildman–Crippen LogP) is 3.22. The summed E-state index contributed by atoms with van der Waals surface area (Å²) in [5.41, 5.74) is 2.93. The average Bonchev–Trinajstić information content (AvgIpc) is 2.61. The van der Waals surface area contributed by atoms with Gasteiger partial charge >= 0.3 is 0 Å². The zero-order valence-electron chi connectivity index (χ0n) is 14.5. The minimum absolute atomic E-state index is 0.0389. The van der Waals surface area contributed by atoms with E-state index in [2.05, 4.69) is 25.1 Å². The zero-order valence-corrected chi connectivity index (χ0v) is 14.5. The van der Waals surface area contributed by atoms with Crippen LogP contribution in [0, 0.1) is 0 Å². The molecule has 2 aromatic carbocycles. The molecule has 1 amide bonds. The first-order chi connectivity index (χ1) is 11.6. The molecule has 0 aromatic heterocycles. The predicted molar refractivity (Wildman–Crippen MR) is 96.9 cm³/mol. The highest BCUT2D eigenvalue weighted by atomic mass is 16.5. The number of para-hydroxylation sites is 1. The summed E-state index contributed by atoms with van der Waals surface area (Å²) in [6.45, 7) is 3.28. The number of carbonyl (C=O) groups is 1. The molecule has 1 unspecified atom stereocenters. The van der Waals surface area contributed by atoms with Crippen LogP contribution in [0.4, 0.5) is 5.69 Å². The van der Waals surface area contributed by atoms with Crippen LogP contribution in [0.3, 0.4) is 0 Å². The summed E-state index contributed by atoms with van der Waals surface area (Å²) >= 11 is 0. The van der Waals surface area contributed by atoms with Gasteiger partial charge in [0.15, 0.2) is 0 Å². The van der Waals surface area contributed by atoms with Gasteiger partial charge in [-0.15, -0.1) is 0 Å². The largest absolute Gasteiger partial charge is 0.494 e. The minimum Gasteiger partial charge on any atom is -0.494 e. The molecule has 0 spiro atoms. The van der Waals surface area contributed by atoms with Crippen molar-refractivity contribution in [2.45, 2.75) is 19.4 Å². The molecular weight excluding hydrogens is 300 g/mol. The van der Waals surface area contributed by atoms with Crippen LogP contribution in [0.1, 0.15) is 22.8 Å². The summed E-state index contributed by atoms with van der Waals surface area (Å²) in [4.78, 5) is 17.2. The SMILES string of the molecule is CCOc1ccc(C(=O)N2CC(N(C)C)Cc3ccccc32)cc1. The van der Waals surface area contributed by atoms with E-state index in [0.29, 0.717) is 24.8 Å². The maximum atomic E-state index is 13.1. The van der Waals surface area contributed by atoms with Gasteiger partial charge in [-0.3, -0.25) is 4.79 Å². The Morgan fingerprint density at radius 1 is 1.17 bits per heavy atom. The Morgan fingerprint density at radius 3 is 2.54 bits per heavy atom. The Bertz CT molecular complexity index is 710. The Morgan fingerprint density at radius 2 is 1.88 bits per heavy atom. The van der Waals surface area contributed by atoms with Gasteiger partial charge in [-0.2, -0.15) is 0 Å². The number of likely N-dealkylation sites (N-methyl/N-ethyl adjacent to an activating group) is 1. The van der Waals surface area contributed by atoms with Crippen LogP contribution in [0.15, 0.2) is 48.5 Å². The van der Waals surface area contributed by atoms with Crippen molar-refractivity contribution in [1.82, 2.24) is 4.90 Å². The Hall–Kier alpha value is -2.33. The van der Waals surface area contributed by atoms with Gasteiger partial charge in [-0.1, -0.05) is 18.2 Å². The fourth-order valence-electron chi connectivity index (χ4n) is 3.13. The first-order valence-corrected chi connectivity index (χ1v) is 8.39. The van der Waals surface area contributed by atoms with Crippen LogP contribution in [-0.4, -0.2) is 44.1 Å². The van der Waals surface area contributed by atoms with Gasteiger partial charge in [-0.05, 0) is 63.3 Å². The van der Waals surface area contributed by atoms with Crippen LogP contribution >= 0.6 is 0 Å². The molecule has 1 atom stereocenters. The Labute approximate surface area is 143 Å². The maximum absolute atomic E-state index is 13.1. The van der Waals surface area contributed by atoms with Crippen LogP contribution in [-0.2, 0) is 6.42 Å². The van der Waals surface area contributed by atoms with E-state index in [1.807, 2.05) is 54.3 Å². The lowest BCUT2D eigenvalue weighted by Crippen LogP contribution is -2.48. The number of benzene rings is 2. The molecule has 3 rings (SSSR count). The van der Waals surface area contributed by atoms with E-state index < -0.39 is 0 Å². The number of anilines is 1. The minimum atomic E-state index is 0.0389. The summed E-state index contributed by atoms with van der Waals surface area (Å²) < 4.78 is 5.46. The second-order valence-electron chi connectivity index (χ2n) is 6.32. The summed E-state index contributed by atoms with van der Waals surface area (Å²) in [7, 11) is 4.14. The molecule has 0 N–H and O–H groups in total. The highest BCUT2D eigenvalue weighted by Crippen LogP contribution is 2.29.